The van der Waals surface area contributed by atoms with Crippen molar-refractivity contribution in [2.75, 3.05) is 7.05 Å². The van der Waals surface area contributed by atoms with Gasteiger partial charge in [-0.3, -0.25) is 9.48 Å². The van der Waals surface area contributed by atoms with Gasteiger partial charge in [0.2, 0.25) is 5.91 Å². The highest BCUT2D eigenvalue weighted by Gasteiger charge is 2.16. The van der Waals surface area contributed by atoms with E-state index in [9.17, 15) is 14.9 Å². The topological polar surface area (TPSA) is 99.1 Å². The summed E-state index contributed by atoms with van der Waals surface area (Å²) in [6, 6.07) is 1.30. The number of hydrogen-bond acceptors (Lipinski definition) is 5. The number of carbonyl (C=O) groups excluding carboxylic acids is 1. The van der Waals surface area contributed by atoms with Crippen molar-refractivity contribution in [3.63, 3.8) is 0 Å². The van der Waals surface area contributed by atoms with E-state index in [1.165, 1.54) is 16.9 Å². The summed E-state index contributed by atoms with van der Waals surface area (Å²) in [6.45, 7) is 3.24. The molecule has 0 aliphatic heterocycles. The van der Waals surface area contributed by atoms with Crippen LogP contribution in [0.1, 0.15) is 19.0 Å². The van der Waals surface area contributed by atoms with Crippen LogP contribution in [0.3, 0.4) is 0 Å². The fourth-order valence-electron chi connectivity index (χ4n) is 2.10. The van der Waals surface area contributed by atoms with Crippen LogP contribution < -0.4 is 0 Å². The first-order valence-electron chi connectivity index (χ1n) is 7.04. The second-order valence-corrected chi connectivity index (χ2v) is 5.36. The van der Waals surface area contributed by atoms with Gasteiger partial charge in [-0.05, 0) is 11.8 Å². The number of amides is 1. The molecular formula is C13H17ClN6O3. The van der Waals surface area contributed by atoms with E-state index in [1.807, 2.05) is 6.92 Å². The molecule has 2 aromatic heterocycles. The van der Waals surface area contributed by atoms with Gasteiger partial charge in [0, 0.05) is 20.0 Å². The molecule has 1 amide bonds. The van der Waals surface area contributed by atoms with Crippen LogP contribution in [0.2, 0.25) is 5.02 Å². The first-order valence-corrected chi connectivity index (χ1v) is 7.42. The molecule has 2 aromatic rings. The zero-order valence-corrected chi connectivity index (χ0v) is 13.6. The molecule has 0 radical (unpaired) electrons. The predicted molar refractivity (Wildman–Crippen MR) is 82.9 cm³/mol. The molecule has 0 fully saturated rings. The van der Waals surface area contributed by atoms with Crippen molar-refractivity contribution in [1.82, 2.24) is 24.5 Å². The van der Waals surface area contributed by atoms with E-state index >= 15 is 0 Å². The van der Waals surface area contributed by atoms with Gasteiger partial charge in [-0.1, -0.05) is 11.6 Å². The molecular weight excluding hydrogens is 324 g/mol. The summed E-state index contributed by atoms with van der Waals surface area (Å²) in [7, 11) is 1.68. The summed E-state index contributed by atoms with van der Waals surface area (Å²) in [5.41, 5.74) is 0.778. The Morgan fingerprint density at radius 3 is 2.87 bits per heavy atom. The monoisotopic (exact) mass is 340 g/mol. The first kappa shape index (κ1) is 16.9. The quantitative estimate of drug-likeness (QED) is 0.564. The van der Waals surface area contributed by atoms with Crippen LogP contribution in [0.25, 0.3) is 0 Å². The van der Waals surface area contributed by atoms with Crippen molar-refractivity contribution in [2.45, 2.75) is 33.0 Å². The Balaban J connectivity index is 1.92. The van der Waals surface area contributed by atoms with Gasteiger partial charge in [0.1, 0.15) is 0 Å². The van der Waals surface area contributed by atoms with E-state index in [2.05, 4.69) is 10.2 Å². The molecule has 0 spiro atoms. The molecule has 0 saturated heterocycles. The van der Waals surface area contributed by atoms with E-state index in [1.54, 1.807) is 22.8 Å². The van der Waals surface area contributed by atoms with Crippen LogP contribution in [-0.4, -0.2) is 42.3 Å². The van der Waals surface area contributed by atoms with Gasteiger partial charge >= 0.3 is 5.82 Å². The normalized spacial score (nSPS) is 10.7. The Kier molecular flexibility index (Phi) is 5.32. The van der Waals surface area contributed by atoms with Crippen LogP contribution in [-0.2, 0) is 24.4 Å². The lowest BCUT2D eigenvalue weighted by Crippen LogP contribution is -2.28. The van der Waals surface area contributed by atoms with Gasteiger partial charge in [-0.15, -0.1) is 0 Å². The number of aromatic nitrogens is 4. The molecule has 0 bridgehead atoms. The zero-order valence-electron chi connectivity index (χ0n) is 12.8. The lowest BCUT2D eigenvalue weighted by Gasteiger charge is -2.17. The molecule has 9 nitrogen and oxygen atoms in total. The Bertz CT molecular complexity index is 710. The van der Waals surface area contributed by atoms with Crippen LogP contribution in [0.5, 0.6) is 0 Å². The number of hydrogen-bond donors (Lipinski definition) is 0. The van der Waals surface area contributed by atoms with Crippen molar-refractivity contribution in [2.24, 2.45) is 0 Å². The average Bonchev–Trinajstić information content (AvgIpc) is 3.12. The third-order valence-corrected chi connectivity index (χ3v) is 3.69. The maximum atomic E-state index is 12.2. The molecule has 10 heteroatoms. The number of nitrogens with zero attached hydrogens (tertiary/aromatic N) is 6. The molecule has 2 heterocycles. The van der Waals surface area contributed by atoms with Crippen molar-refractivity contribution >= 4 is 23.3 Å². The smallest absolute Gasteiger partial charge is 0.358 e. The lowest BCUT2D eigenvalue weighted by atomic mass is 10.3. The minimum absolute atomic E-state index is 0.108. The third-order valence-electron chi connectivity index (χ3n) is 3.38. The van der Waals surface area contributed by atoms with Crippen molar-refractivity contribution in [3.8, 4) is 0 Å². The minimum atomic E-state index is -0.571. The number of carbonyl (C=O) groups is 1. The van der Waals surface area contributed by atoms with Crippen LogP contribution in [0.4, 0.5) is 5.82 Å². The lowest BCUT2D eigenvalue weighted by molar-refractivity contribution is -0.389. The van der Waals surface area contributed by atoms with Crippen molar-refractivity contribution in [3.05, 3.63) is 39.3 Å². The van der Waals surface area contributed by atoms with Gasteiger partial charge < -0.3 is 15.0 Å². The summed E-state index contributed by atoms with van der Waals surface area (Å²) in [5, 5.41) is 19.0. The Hall–Kier alpha value is -2.42. The summed E-state index contributed by atoms with van der Waals surface area (Å²) < 4.78 is 3.12. The summed E-state index contributed by atoms with van der Waals surface area (Å²) in [6.07, 6.45) is 3.23. The fourth-order valence-corrected chi connectivity index (χ4v) is 2.31. The molecule has 23 heavy (non-hydrogen) atoms. The highest BCUT2D eigenvalue weighted by molar-refractivity contribution is 6.31. The predicted octanol–water partition coefficient (Wildman–Crippen LogP) is 1.71. The minimum Gasteiger partial charge on any atom is -0.358 e. The number of aryl methyl sites for hydroxylation is 2. The number of nitro groups is 1. The molecule has 0 aliphatic carbocycles. The van der Waals surface area contributed by atoms with Gasteiger partial charge in [-0.25, -0.2) is 0 Å². The summed E-state index contributed by atoms with van der Waals surface area (Å²) in [4.78, 5) is 23.7. The van der Waals surface area contributed by atoms with E-state index in [0.29, 0.717) is 18.1 Å². The molecule has 0 aliphatic rings. The molecule has 0 unspecified atom stereocenters. The highest BCUT2D eigenvalue weighted by atomic mass is 35.5. The average molecular weight is 341 g/mol. The van der Waals surface area contributed by atoms with Crippen LogP contribution in [0, 0.1) is 10.1 Å². The third kappa shape index (κ3) is 4.07. The molecule has 0 atom stereocenters. The van der Waals surface area contributed by atoms with E-state index in [0.717, 1.165) is 5.69 Å². The standard InChI is InChI=1S/C13H17ClN6O3/c1-3-19-11(10(14)8-15-19)9-17(2)13(21)5-7-18-6-4-12(16-18)20(22)23/h4,6,8H,3,5,7,9H2,1-2H3. The second kappa shape index (κ2) is 7.23. The molecule has 2 rings (SSSR count). The Morgan fingerprint density at radius 1 is 1.52 bits per heavy atom. The van der Waals surface area contributed by atoms with E-state index in [4.69, 9.17) is 11.6 Å². The van der Waals surface area contributed by atoms with E-state index < -0.39 is 4.92 Å². The Labute approximate surface area is 137 Å². The SMILES string of the molecule is CCn1ncc(Cl)c1CN(C)C(=O)CCn1ccc([N+](=O)[O-])n1. The maximum absolute atomic E-state index is 12.2. The zero-order chi connectivity index (χ0) is 17.0. The van der Waals surface area contributed by atoms with Gasteiger partial charge in [0.15, 0.2) is 0 Å². The molecule has 0 saturated carbocycles. The van der Waals surface area contributed by atoms with Crippen molar-refractivity contribution < 1.29 is 9.72 Å². The number of halogens is 1. The molecule has 0 aromatic carbocycles. The van der Waals surface area contributed by atoms with E-state index in [-0.39, 0.29) is 24.7 Å². The molecule has 124 valence electrons. The highest BCUT2D eigenvalue weighted by Crippen LogP contribution is 2.17. The van der Waals surface area contributed by atoms with Gasteiger partial charge in [-0.2, -0.15) is 9.78 Å². The number of rotatable bonds is 7. The summed E-state index contributed by atoms with van der Waals surface area (Å²) in [5.74, 6) is -0.340. The fraction of sp³-hybridized carbons (Fsp3) is 0.462. The largest absolute Gasteiger partial charge is 0.389 e. The van der Waals surface area contributed by atoms with Gasteiger partial charge in [0.05, 0.1) is 47.4 Å². The maximum Gasteiger partial charge on any atom is 0.389 e. The van der Waals surface area contributed by atoms with Crippen LogP contribution in [0.15, 0.2) is 18.5 Å². The van der Waals surface area contributed by atoms with Gasteiger partial charge in [0.25, 0.3) is 0 Å². The second-order valence-electron chi connectivity index (χ2n) is 4.95. The molecule has 0 N–H and O–H groups in total. The van der Waals surface area contributed by atoms with Crippen LogP contribution >= 0.6 is 11.6 Å². The summed E-state index contributed by atoms with van der Waals surface area (Å²) >= 11 is 6.08. The first-order chi connectivity index (χ1) is 10.9. The van der Waals surface area contributed by atoms with Crippen molar-refractivity contribution in [1.29, 1.82) is 0 Å². The Morgan fingerprint density at radius 2 is 2.26 bits per heavy atom.